The second-order valence-corrected chi connectivity index (χ2v) is 11.6. The molecule has 0 spiro atoms. The molecule has 0 amide bonds. The van der Waals surface area contributed by atoms with E-state index in [4.69, 9.17) is 19.3 Å². The average Bonchev–Trinajstić information content (AvgIpc) is 3.62. The highest BCUT2D eigenvalue weighted by atomic mass is 32.2. The van der Waals surface area contributed by atoms with Crippen molar-refractivity contribution in [2.24, 2.45) is 0 Å². The predicted molar refractivity (Wildman–Crippen MR) is 163 cm³/mol. The third-order valence-electron chi connectivity index (χ3n) is 7.76. The van der Waals surface area contributed by atoms with Crippen LogP contribution in [-0.2, 0) is 9.53 Å². The maximum atomic E-state index is 11.1. The summed E-state index contributed by atoms with van der Waals surface area (Å²) >= 11 is 0.796. The van der Waals surface area contributed by atoms with Crippen LogP contribution in [0.3, 0.4) is 0 Å². The van der Waals surface area contributed by atoms with Crippen LogP contribution in [0.5, 0.6) is 11.5 Å². The van der Waals surface area contributed by atoms with Gasteiger partial charge in [0, 0.05) is 19.2 Å². The quantitative estimate of drug-likeness (QED) is 0.272. The molecule has 1 aromatic carbocycles. The summed E-state index contributed by atoms with van der Waals surface area (Å²) in [5.41, 5.74) is 1.29. The second kappa shape index (κ2) is 20.1. The van der Waals surface area contributed by atoms with E-state index in [2.05, 4.69) is 42.8 Å². The molecule has 4 rings (SSSR count). The molecular weight excluding hydrogens is 528 g/mol. The van der Waals surface area contributed by atoms with Crippen molar-refractivity contribution in [2.75, 3.05) is 52.9 Å². The minimum absolute atomic E-state index is 0.310. The number of hydrogen-bond acceptors (Lipinski definition) is 8. The lowest BCUT2D eigenvalue weighted by Crippen LogP contribution is -2.32. The fourth-order valence-corrected chi connectivity index (χ4v) is 5.39. The Morgan fingerprint density at radius 3 is 2.42 bits per heavy atom. The molecule has 1 N–H and O–H groups in total. The van der Waals surface area contributed by atoms with Crippen LogP contribution in [0, 0.1) is 0 Å². The third-order valence-corrected chi connectivity index (χ3v) is 8.11. The van der Waals surface area contributed by atoms with Gasteiger partial charge in [-0.3, -0.25) is 4.90 Å². The minimum atomic E-state index is -0.829. The standard InChI is InChI=1S/C20H27NO4.C9H21N.C2H4O2S/c22-9-8-21-13-16(15-4-7-19-20(12-15)25-14-24-19)11-17(21)5-6-18-3-1-2-10-23-18;1-4-6-8-10(3)9-7-5-2;1-5-2(3)4/h4,7,9,12,16-18H,1-3,5-6,8,10-11,13-14H2;4-9H2,1-3H3;1H3,(H,3,4). The number of likely N-dealkylation sites (tertiary alicyclic amines) is 1. The Morgan fingerprint density at radius 2 is 1.82 bits per heavy atom. The summed E-state index contributed by atoms with van der Waals surface area (Å²) in [6.07, 6.45) is 15.3. The molecular formula is C31H52N2O6S. The molecule has 0 saturated carbocycles. The van der Waals surface area contributed by atoms with Gasteiger partial charge in [-0.2, -0.15) is 0 Å². The van der Waals surface area contributed by atoms with Crippen molar-refractivity contribution in [1.29, 1.82) is 0 Å². The van der Waals surface area contributed by atoms with Crippen molar-refractivity contribution in [3.05, 3.63) is 23.8 Å². The number of carboxylic acid groups (broad SMARTS) is 1. The van der Waals surface area contributed by atoms with Crippen LogP contribution in [0.25, 0.3) is 0 Å². The number of unbranched alkanes of at least 4 members (excludes halogenated alkanes) is 2. The predicted octanol–water partition coefficient (Wildman–Crippen LogP) is 6.67. The summed E-state index contributed by atoms with van der Waals surface area (Å²) in [6.45, 7) is 9.72. The Bertz CT molecular complexity index is 843. The number of thioether (sulfide) groups is 1. The van der Waals surface area contributed by atoms with Gasteiger partial charge in [0.1, 0.15) is 6.29 Å². The zero-order valence-corrected chi connectivity index (χ0v) is 26.0. The van der Waals surface area contributed by atoms with Crippen LogP contribution in [0.2, 0.25) is 0 Å². The number of carbonyl (C=O) groups excluding carboxylic acids is 1. The highest BCUT2D eigenvalue weighted by Crippen LogP contribution is 2.39. The minimum Gasteiger partial charge on any atom is -0.473 e. The summed E-state index contributed by atoms with van der Waals surface area (Å²) in [5, 5.41) is 6.86. The fourth-order valence-electron chi connectivity index (χ4n) is 5.39. The molecule has 0 aromatic heterocycles. The van der Waals surface area contributed by atoms with Crippen LogP contribution in [0.1, 0.15) is 89.5 Å². The summed E-state index contributed by atoms with van der Waals surface area (Å²) in [5.74, 6) is 2.13. The first kappa shape index (κ1) is 34.4. The summed E-state index contributed by atoms with van der Waals surface area (Å²) in [4.78, 5) is 25.2. The van der Waals surface area contributed by atoms with Crippen molar-refractivity contribution in [3.8, 4) is 11.5 Å². The molecule has 2 fully saturated rings. The Morgan fingerprint density at radius 1 is 1.12 bits per heavy atom. The SMILES string of the molecule is CCCCN(C)CCCC.CSC(=O)O.O=CCN1CC(c2ccc3c(c2)OCO3)CC1CCC1CCCCO1. The molecule has 3 aliphatic rings. The van der Waals surface area contributed by atoms with Gasteiger partial charge in [0.2, 0.25) is 6.79 Å². The van der Waals surface area contributed by atoms with Gasteiger partial charge in [-0.25, -0.2) is 4.79 Å². The maximum absolute atomic E-state index is 11.1. The Labute approximate surface area is 246 Å². The number of carbonyl (C=O) groups is 2. The number of rotatable bonds is 12. The first-order valence-corrected chi connectivity index (χ1v) is 16.3. The molecule has 228 valence electrons. The number of nitrogens with zero attached hydrogens (tertiary/aromatic N) is 2. The van der Waals surface area contributed by atoms with E-state index in [1.165, 1.54) is 69.9 Å². The monoisotopic (exact) mass is 580 g/mol. The van der Waals surface area contributed by atoms with E-state index in [0.29, 0.717) is 31.4 Å². The van der Waals surface area contributed by atoms with Crippen LogP contribution < -0.4 is 9.47 Å². The smallest absolute Gasteiger partial charge is 0.364 e. The lowest BCUT2D eigenvalue weighted by Gasteiger charge is -2.26. The second-order valence-electron chi connectivity index (χ2n) is 10.9. The van der Waals surface area contributed by atoms with Crippen molar-refractivity contribution in [1.82, 2.24) is 9.80 Å². The molecule has 2 saturated heterocycles. The van der Waals surface area contributed by atoms with E-state index < -0.39 is 5.30 Å². The molecule has 9 heteroatoms. The van der Waals surface area contributed by atoms with Gasteiger partial charge in [-0.15, -0.1) is 0 Å². The van der Waals surface area contributed by atoms with Gasteiger partial charge >= 0.3 is 5.30 Å². The normalized spacial score (nSPS) is 21.8. The van der Waals surface area contributed by atoms with Crippen LogP contribution in [0.4, 0.5) is 4.79 Å². The third kappa shape index (κ3) is 12.8. The molecule has 3 atom stereocenters. The topological polar surface area (TPSA) is 88.5 Å². The van der Waals surface area contributed by atoms with Gasteiger partial charge in [0.25, 0.3) is 0 Å². The van der Waals surface area contributed by atoms with Crippen LogP contribution >= 0.6 is 11.8 Å². The van der Waals surface area contributed by atoms with E-state index in [-0.39, 0.29) is 0 Å². The zero-order chi connectivity index (χ0) is 29.2. The summed E-state index contributed by atoms with van der Waals surface area (Å²) in [6, 6.07) is 6.72. The average molecular weight is 581 g/mol. The van der Waals surface area contributed by atoms with Gasteiger partial charge in [-0.05, 0) is 113 Å². The molecule has 3 aliphatic heterocycles. The number of benzene rings is 1. The zero-order valence-electron chi connectivity index (χ0n) is 25.1. The van der Waals surface area contributed by atoms with Crippen molar-refractivity contribution < 1.29 is 28.9 Å². The van der Waals surface area contributed by atoms with Gasteiger partial charge in [0.15, 0.2) is 11.5 Å². The van der Waals surface area contributed by atoms with Crippen molar-refractivity contribution in [3.63, 3.8) is 0 Å². The van der Waals surface area contributed by atoms with Gasteiger partial charge < -0.3 is 29.0 Å². The molecule has 0 bridgehead atoms. The maximum Gasteiger partial charge on any atom is 0.364 e. The van der Waals surface area contributed by atoms with Crippen LogP contribution in [-0.4, -0.2) is 91.5 Å². The first-order valence-electron chi connectivity index (χ1n) is 15.1. The fraction of sp³-hybridized carbons (Fsp3) is 0.742. The van der Waals surface area contributed by atoms with Gasteiger partial charge in [-0.1, -0.05) is 32.8 Å². The van der Waals surface area contributed by atoms with Crippen molar-refractivity contribution in [2.45, 2.75) is 96.1 Å². The largest absolute Gasteiger partial charge is 0.473 e. The van der Waals surface area contributed by atoms with Crippen molar-refractivity contribution >= 4 is 23.3 Å². The summed E-state index contributed by atoms with van der Waals surface area (Å²) < 4.78 is 16.8. The number of hydrogen-bond donors (Lipinski definition) is 1. The molecule has 3 heterocycles. The molecule has 0 aliphatic carbocycles. The Balaban J connectivity index is 0.000000312. The molecule has 1 aromatic rings. The first-order chi connectivity index (χ1) is 19.4. The highest BCUT2D eigenvalue weighted by Gasteiger charge is 2.33. The van der Waals surface area contributed by atoms with Gasteiger partial charge in [0.05, 0.1) is 12.6 Å². The lowest BCUT2D eigenvalue weighted by molar-refractivity contribution is -0.109. The number of ether oxygens (including phenoxy) is 3. The molecule has 3 unspecified atom stereocenters. The highest BCUT2D eigenvalue weighted by molar-refractivity contribution is 8.12. The van der Waals surface area contributed by atoms with E-state index in [1.807, 2.05) is 6.07 Å². The Kier molecular flexibility index (Phi) is 17.3. The number of fused-ring (bicyclic) bond motifs is 1. The molecule has 40 heavy (non-hydrogen) atoms. The lowest BCUT2D eigenvalue weighted by atomic mass is 9.93. The van der Waals surface area contributed by atoms with Crippen LogP contribution in [0.15, 0.2) is 18.2 Å². The Hall–Kier alpha value is -1.81. The summed E-state index contributed by atoms with van der Waals surface area (Å²) in [7, 11) is 2.21. The number of aldehydes is 1. The molecule has 8 nitrogen and oxygen atoms in total. The van der Waals surface area contributed by atoms with E-state index in [9.17, 15) is 9.59 Å². The van der Waals surface area contributed by atoms with E-state index >= 15 is 0 Å². The van der Waals surface area contributed by atoms with E-state index in [0.717, 1.165) is 62.0 Å². The molecule has 0 radical (unpaired) electrons. The van der Waals surface area contributed by atoms with E-state index in [1.54, 1.807) is 0 Å².